The molecule has 124 valence electrons. The molecule has 1 amide bonds. The number of hydrogen-bond donors (Lipinski definition) is 1. The van der Waals surface area contributed by atoms with Crippen molar-refractivity contribution >= 4 is 22.8 Å². The van der Waals surface area contributed by atoms with Crippen LogP contribution in [0, 0.1) is 0 Å². The third-order valence-electron chi connectivity index (χ3n) is 3.78. The number of pyridine rings is 1. The molecule has 0 atom stereocenters. The molecular weight excluding hydrogens is 306 g/mol. The largest absolute Gasteiger partial charge is 0.421 e. The van der Waals surface area contributed by atoms with E-state index < -0.39 is 5.76 Å². The van der Waals surface area contributed by atoms with Gasteiger partial charge >= 0.3 is 5.76 Å². The van der Waals surface area contributed by atoms with Crippen molar-refractivity contribution in [3.63, 3.8) is 0 Å². The number of anilines is 1. The molecule has 2 heterocycles. The molecule has 0 fully saturated rings. The molecule has 6 nitrogen and oxygen atoms in total. The maximum Gasteiger partial charge on any atom is 0.421 e. The number of nitrogens with zero attached hydrogens (tertiary/aromatic N) is 2. The van der Waals surface area contributed by atoms with Gasteiger partial charge in [-0.1, -0.05) is 25.5 Å². The number of benzene rings is 1. The zero-order chi connectivity index (χ0) is 16.9. The van der Waals surface area contributed by atoms with Gasteiger partial charge in [0.05, 0.1) is 0 Å². The number of amides is 1. The van der Waals surface area contributed by atoms with Gasteiger partial charge in [-0.05, 0) is 42.7 Å². The van der Waals surface area contributed by atoms with Gasteiger partial charge in [0.1, 0.15) is 6.54 Å². The lowest BCUT2D eigenvalue weighted by Crippen LogP contribution is -2.25. The molecule has 0 aliphatic rings. The Bertz CT molecular complexity index is 894. The zero-order valence-corrected chi connectivity index (χ0v) is 13.5. The molecule has 0 spiro atoms. The molecule has 3 rings (SSSR count). The van der Waals surface area contributed by atoms with Gasteiger partial charge in [0, 0.05) is 11.9 Å². The van der Waals surface area contributed by atoms with E-state index in [-0.39, 0.29) is 12.5 Å². The van der Waals surface area contributed by atoms with E-state index in [4.69, 9.17) is 4.42 Å². The molecule has 0 radical (unpaired) electrons. The van der Waals surface area contributed by atoms with Gasteiger partial charge < -0.3 is 9.73 Å². The van der Waals surface area contributed by atoms with Crippen LogP contribution >= 0.6 is 0 Å². The quantitative estimate of drug-likeness (QED) is 0.756. The smallest absolute Gasteiger partial charge is 0.406 e. The number of aryl methyl sites for hydroxylation is 1. The summed E-state index contributed by atoms with van der Waals surface area (Å²) in [5.41, 5.74) is 2.69. The van der Waals surface area contributed by atoms with Gasteiger partial charge in [-0.15, -0.1) is 0 Å². The van der Waals surface area contributed by atoms with Crippen LogP contribution in [0.1, 0.15) is 25.3 Å². The Hall–Kier alpha value is -2.89. The van der Waals surface area contributed by atoms with Gasteiger partial charge in [0.2, 0.25) is 5.91 Å². The summed E-state index contributed by atoms with van der Waals surface area (Å²) in [7, 11) is 0. The molecule has 0 bridgehead atoms. The van der Waals surface area contributed by atoms with Gasteiger partial charge in [-0.2, -0.15) is 0 Å². The van der Waals surface area contributed by atoms with Crippen molar-refractivity contribution in [2.45, 2.75) is 32.7 Å². The van der Waals surface area contributed by atoms with E-state index in [0.717, 1.165) is 19.3 Å². The first-order valence-corrected chi connectivity index (χ1v) is 8.00. The van der Waals surface area contributed by atoms with Crippen molar-refractivity contribution in [3.8, 4) is 0 Å². The van der Waals surface area contributed by atoms with Crippen molar-refractivity contribution in [3.05, 3.63) is 58.7 Å². The highest BCUT2D eigenvalue weighted by molar-refractivity contribution is 5.91. The second-order valence-electron chi connectivity index (χ2n) is 5.63. The van der Waals surface area contributed by atoms with E-state index in [1.165, 1.54) is 10.1 Å². The predicted octanol–water partition coefficient (Wildman–Crippen LogP) is 2.97. The van der Waals surface area contributed by atoms with Crippen LogP contribution in [-0.2, 0) is 17.8 Å². The Morgan fingerprint density at radius 3 is 2.79 bits per heavy atom. The summed E-state index contributed by atoms with van der Waals surface area (Å²) in [6, 6.07) is 11.1. The molecule has 24 heavy (non-hydrogen) atoms. The predicted molar refractivity (Wildman–Crippen MR) is 92.0 cm³/mol. The van der Waals surface area contributed by atoms with Crippen molar-refractivity contribution in [2.75, 3.05) is 5.32 Å². The molecule has 0 unspecified atom stereocenters. The van der Waals surface area contributed by atoms with Crippen LogP contribution in [0.5, 0.6) is 0 Å². The maximum atomic E-state index is 12.2. The zero-order valence-electron chi connectivity index (χ0n) is 13.5. The third-order valence-corrected chi connectivity index (χ3v) is 3.78. The molecule has 0 saturated heterocycles. The summed E-state index contributed by atoms with van der Waals surface area (Å²) >= 11 is 0. The highest BCUT2D eigenvalue weighted by Crippen LogP contribution is 2.13. The fourth-order valence-corrected chi connectivity index (χ4v) is 2.52. The number of hydrogen-bond acceptors (Lipinski definition) is 4. The van der Waals surface area contributed by atoms with Crippen molar-refractivity contribution in [1.29, 1.82) is 0 Å². The Labute approximate surface area is 139 Å². The lowest BCUT2D eigenvalue weighted by Gasteiger charge is -2.07. The molecule has 1 aromatic carbocycles. The molecule has 1 N–H and O–H groups in total. The molecule has 0 saturated carbocycles. The number of unbranched alkanes of at least 4 members (excludes halogenated alkanes) is 1. The third kappa shape index (κ3) is 3.53. The van der Waals surface area contributed by atoms with Crippen LogP contribution in [0.25, 0.3) is 11.2 Å². The lowest BCUT2D eigenvalue weighted by molar-refractivity contribution is -0.116. The van der Waals surface area contributed by atoms with Crippen LogP contribution in [0.3, 0.4) is 0 Å². The van der Waals surface area contributed by atoms with Crippen LogP contribution < -0.4 is 11.1 Å². The average molecular weight is 325 g/mol. The minimum absolute atomic E-state index is 0.138. The second kappa shape index (κ2) is 7.12. The Morgan fingerprint density at radius 1 is 1.25 bits per heavy atom. The Kier molecular flexibility index (Phi) is 4.74. The van der Waals surface area contributed by atoms with Crippen LogP contribution in [0.15, 0.2) is 51.8 Å². The monoisotopic (exact) mass is 325 g/mol. The molecular formula is C18H19N3O3. The first-order valence-electron chi connectivity index (χ1n) is 8.00. The van der Waals surface area contributed by atoms with E-state index in [1.54, 1.807) is 18.3 Å². The van der Waals surface area contributed by atoms with Crippen molar-refractivity contribution in [1.82, 2.24) is 9.55 Å². The average Bonchev–Trinajstić information content (AvgIpc) is 2.90. The number of oxazole rings is 1. The number of carbonyl (C=O) groups excluding carboxylic acids is 1. The van der Waals surface area contributed by atoms with Gasteiger partial charge in [0.25, 0.3) is 0 Å². The summed E-state index contributed by atoms with van der Waals surface area (Å²) in [5.74, 6) is -0.888. The minimum atomic E-state index is -0.589. The number of rotatable bonds is 6. The minimum Gasteiger partial charge on any atom is -0.406 e. The van der Waals surface area contributed by atoms with E-state index in [9.17, 15) is 9.59 Å². The van der Waals surface area contributed by atoms with Gasteiger partial charge in [0.15, 0.2) is 11.2 Å². The van der Waals surface area contributed by atoms with Crippen LogP contribution in [-0.4, -0.2) is 15.5 Å². The van der Waals surface area contributed by atoms with Crippen LogP contribution in [0.2, 0.25) is 0 Å². The maximum absolute atomic E-state index is 12.2. The molecule has 3 aromatic rings. The summed E-state index contributed by atoms with van der Waals surface area (Å²) in [6.45, 7) is 2.02. The first kappa shape index (κ1) is 16.0. The Morgan fingerprint density at radius 2 is 2.04 bits per heavy atom. The lowest BCUT2D eigenvalue weighted by atomic mass is 10.1. The fourth-order valence-electron chi connectivity index (χ4n) is 2.52. The number of fused-ring (bicyclic) bond motifs is 1. The fraction of sp³-hybridized carbons (Fsp3) is 0.278. The summed E-state index contributed by atoms with van der Waals surface area (Å²) in [4.78, 5) is 28.1. The summed E-state index contributed by atoms with van der Waals surface area (Å²) in [6.07, 6.45) is 4.89. The van der Waals surface area contributed by atoms with Gasteiger partial charge in [-0.25, -0.2) is 14.3 Å². The van der Waals surface area contributed by atoms with Crippen molar-refractivity contribution < 1.29 is 9.21 Å². The topological polar surface area (TPSA) is 77.1 Å². The van der Waals surface area contributed by atoms with E-state index in [1.807, 2.05) is 24.3 Å². The number of carbonyl (C=O) groups is 1. The highest BCUT2D eigenvalue weighted by atomic mass is 16.4. The van der Waals surface area contributed by atoms with E-state index in [2.05, 4.69) is 17.2 Å². The Balaban J connectivity index is 1.69. The number of nitrogens with one attached hydrogen (secondary N) is 1. The second-order valence-corrected chi connectivity index (χ2v) is 5.63. The number of aromatic nitrogens is 2. The van der Waals surface area contributed by atoms with Crippen molar-refractivity contribution in [2.24, 2.45) is 0 Å². The van der Waals surface area contributed by atoms with E-state index in [0.29, 0.717) is 16.9 Å². The SMILES string of the molecule is CCCCc1ccc(NC(=O)Cn2c(=O)oc3cccnc32)cc1. The first-order chi connectivity index (χ1) is 11.7. The highest BCUT2D eigenvalue weighted by Gasteiger charge is 2.13. The molecule has 2 aromatic heterocycles. The molecule has 0 aliphatic carbocycles. The van der Waals surface area contributed by atoms with Crippen LogP contribution in [0.4, 0.5) is 5.69 Å². The molecule has 0 aliphatic heterocycles. The summed E-state index contributed by atoms with van der Waals surface area (Å²) < 4.78 is 6.29. The molecule has 6 heteroatoms. The van der Waals surface area contributed by atoms with Gasteiger partial charge in [-0.3, -0.25) is 4.79 Å². The normalized spacial score (nSPS) is 10.9. The standard InChI is InChI=1S/C18H19N3O3/c1-2-3-5-13-7-9-14(10-8-13)20-16(22)12-21-17-15(24-18(21)23)6-4-11-19-17/h4,6-11H,2-3,5,12H2,1H3,(H,20,22). The summed E-state index contributed by atoms with van der Waals surface area (Å²) in [5, 5.41) is 2.79. The van der Waals surface area contributed by atoms with E-state index >= 15 is 0 Å².